The van der Waals surface area contributed by atoms with Crippen LogP contribution < -0.4 is 14.7 Å². The van der Waals surface area contributed by atoms with Gasteiger partial charge in [-0.1, -0.05) is 140 Å². The molecule has 0 bridgehead atoms. The first kappa shape index (κ1) is 36.3. The molecule has 4 heteroatoms. The summed E-state index contributed by atoms with van der Waals surface area (Å²) in [7, 11) is 0. The van der Waals surface area contributed by atoms with Gasteiger partial charge in [0.15, 0.2) is 0 Å². The van der Waals surface area contributed by atoms with Gasteiger partial charge in [0.1, 0.15) is 11.2 Å². The molecular formula is C57H43N3O. The quantitative estimate of drug-likeness (QED) is 0.107. The molecule has 0 aliphatic heterocycles. The van der Waals surface area contributed by atoms with Crippen molar-refractivity contribution in [3.8, 4) is 0 Å². The minimum Gasteiger partial charge on any atom is -0.456 e. The van der Waals surface area contributed by atoms with Crippen LogP contribution in [0.15, 0.2) is 235 Å². The Morgan fingerprint density at radius 1 is 0.377 bits per heavy atom. The highest BCUT2D eigenvalue weighted by atomic mass is 16.3. The van der Waals surface area contributed by atoms with Gasteiger partial charge in [-0.3, -0.25) is 0 Å². The van der Waals surface area contributed by atoms with Crippen LogP contribution in [0.25, 0.3) is 43.5 Å². The summed E-state index contributed by atoms with van der Waals surface area (Å²) in [4.78, 5) is 7.34. The van der Waals surface area contributed by atoms with Crippen LogP contribution in [0.2, 0.25) is 0 Å². The van der Waals surface area contributed by atoms with E-state index in [1.165, 1.54) is 21.9 Å². The molecule has 0 N–H and O–H groups in total. The van der Waals surface area contributed by atoms with Gasteiger partial charge >= 0.3 is 0 Å². The third kappa shape index (κ3) is 6.50. The molecule has 10 aromatic rings. The number of rotatable bonds is 9. The van der Waals surface area contributed by atoms with E-state index in [0.717, 1.165) is 79.2 Å². The van der Waals surface area contributed by atoms with E-state index in [9.17, 15) is 0 Å². The first-order valence-corrected chi connectivity index (χ1v) is 21.1. The fraction of sp³-hybridized carbons (Fsp3) is 0.0526. The van der Waals surface area contributed by atoms with E-state index in [1.807, 2.05) is 12.1 Å². The number of fused-ring (bicyclic) bond motifs is 6. The van der Waals surface area contributed by atoms with Crippen LogP contribution in [0.4, 0.5) is 45.5 Å². The molecule has 0 saturated heterocycles. The van der Waals surface area contributed by atoms with Gasteiger partial charge in [0.05, 0.1) is 11.4 Å². The normalized spacial score (nSPS) is 13.8. The first-order valence-electron chi connectivity index (χ1n) is 21.1. The lowest BCUT2D eigenvalue weighted by Crippen LogP contribution is -2.23. The maximum absolute atomic E-state index is 6.29. The molecule has 11 rings (SSSR count). The Bertz CT molecular complexity index is 3210. The molecule has 4 nitrogen and oxygen atoms in total. The SMILES string of the molecule is CC1C=CC=C(N(c2ccccc2)c2c(N(c3ccccc3)c3ccccc3)c3ccc(N(c4ccccc4)c4ccc5oc6ccccc6c5c4)cc3c3ccccc23)C1. The van der Waals surface area contributed by atoms with Gasteiger partial charge in [0, 0.05) is 61.4 Å². The molecule has 1 heterocycles. The van der Waals surface area contributed by atoms with Crippen molar-refractivity contribution in [3.63, 3.8) is 0 Å². The van der Waals surface area contributed by atoms with Crippen molar-refractivity contribution in [3.05, 3.63) is 230 Å². The van der Waals surface area contributed by atoms with Crippen LogP contribution in [0.3, 0.4) is 0 Å². The molecule has 1 unspecified atom stereocenters. The fourth-order valence-electron chi connectivity index (χ4n) is 9.18. The van der Waals surface area contributed by atoms with E-state index in [0.29, 0.717) is 5.92 Å². The zero-order valence-electron chi connectivity index (χ0n) is 33.9. The van der Waals surface area contributed by atoms with E-state index in [1.54, 1.807) is 0 Å². The topological polar surface area (TPSA) is 22.9 Å². The molecule has 0 radical (unpaired) electrons. The summed E-state index contributed by atoms with van der Waals surface area (Å²) >= 11 is 0. The highest BCUT2D eigenvalue weighted by Gasteiger charge is 2.29. The Kier molecular flexibility index (Phi) is 9.16. The van der Waals surface area contributed by atoms with Crippen molar-refractivity contribution in [1.82, 2.24) is 0 Å². The van der Waals surface area contributed by atoms with Gasteiger partial charge in [-0.25, -0.2) is 0 Å². The molecule has 1 atom stereocenters. The Balaban J connectivity index is 1.24. The second-order valence-electron chi connectivity index (χ2n) is 15.8. The van der Waals surface area contributed by atoms with E-state index >= 15 is 0 Å². The summed E-state index contributed by atoms with van der Waals surface area (Å²) in [5.74, 6) is 0.395. The average Bonchev–Trinajstić information content (AvgIpc) is 3.70. The molecule has 1 aliphatic rings. The zero-order chi connectivity index (χ0) is 40.7. The van der Waals surface area contributed by atoms with E-state index in [-0.39, 0.29) is 0 Å². The molecule has 1 aliphatic carbocycles. The van der Waals surface area contributed by atoms with E-state index < -0.39 is 0 Å². The van der Waals surface area contributed by atoms with Crippen LogP contribution in [-0.4, -0.2) is 0 Å². The van der Waals surface area contributed by atoms with Crippen LogP contribution >= 0.6 is 0 Å². The molecule has 292 valence electrons. The monoisotopic (exact) mass is 785 g/mol. The van der Waals surface area contributed by atoms with Crippen molar-refractivity contribution in [2.75, 3.05) is 14.7 Å². The zero-order valence-corrected chi connectivity index (χ0v) is 33.9. The Labute approximate surface area is 356 Å². The third-order valence-corrected chi connectivity index (χ3v) is 11.9. The Hall–Kier alpha value is -7.82. The minimum absolute atomic E-state index is 0.395. The molecule has 0 fully saturated rings. The molecular weight excluding hydrogens is 743 g/mol. The van der Waals surface area contributed by atoms with Gasteiger partial charge < -0.3 is 19.1 Å². The van der Waals surface area contributed by atoms with Gasteiger partial charge in [0.2, 0.25) is 0 Å². The van der Waals surface area contributed by atoms with Crippen molar-refractivity contribution in [2.45, 2.75) is 13.3 Å². The number of anilines is 8. The molecule has 61 heavy (non-hydrogen) atoms. The van der Waals surface area contributed by atoms with E-state index in [2.05, 4.69) is 234 Å². The molecule has 0 spiro atoms. The Morgan fingerprint density at radius 3 is 1.46 bits per heavy atom. The summed E-state index contributed by atoms with van der Waals surface area (Å²) in [6, 6.07) is 74.0. The number of allylic oxidation sites excluding steroid dienone is 4. The second-order valence-corrected chi connectivity index (χ2v) is 15.8. The van der Waals surface area contributed by atoms with Crippen LogP contribution in [0, 0.1) is 5.92 Å². The fourth-order valence-corrected chi connectivity index (χ4v) is 9.18. The number of hydrogen-bond donors (Lipinski definition) is 0. The number of benzene rings is 9. The van der Waals surface area contributed by atoms with E-state index in [4.69, 9.17) is 4.42 Å². The summed E-state index contributed by atoms with van der Waals surface area (Å²) in [6.45, 7) is 2.30. The molecule has 0 saturated carbocycles. The van der Waals surface area contributed by atoms with Gasteiger partial charge in [0.25, 0.3) is 0 Å². The highest BCUT2D eigenvalue weighted by Crippen LogP contribution is 2.53. The number of furan rings is 1. The molecule has 1 aromatic heterocycles. The first-order chi connectivity index (χ1) is 30.2. The van der Waals surface area contributed by atoms with Crippen LogP contribution in [-0.2, 0) is 0 Å². The predicted octanol–water partition coefficient (Wildman–Crippen LogP) is 16.4. The summed E-state index contributed by atoms with van der Waals surface area (Å²) in [5.41, 5.74) is 11.8. The summed E-state index contributed by atoms with van der Waals surface area (Å²) < 4.78 is 6.29. The lowest BCUT2D eigenvalue weighted by Gasteiger charge is -2.37. The number of hydrogen-bond acceptors (Lipinski definition) is 4. The largest absolute Gasteiger partial charge is 0.456 e. The second kappa shape index (κ2) is 15.4. The van der Waals surface area contributed by atoms with Crippen LogP contribution in [0.1, 0.15) is 13.3 Å². The number of nitrogens with zero attached hydrogens (tertiary/aromatic N) is 3. The summed E-state index contributed by atoms with van der Waals surface area (Å²) in [6.07, 6.45) is 7.74. The third-order valence-electron chi connectivity index (χ3n) is 11.9. The van der Waals surface area contributed by atoms with Crippen molar-refractivity contribution in [1.29, 1.82) is 0 Å². The van der Waals surface area contributed by atoms with Gasteiger partial charge in [-0.05, 0) is 114 Å². The molecule has 9 aromatic carbocycles. The molecule has 0 amide bonds. The highest BCUT2D eigenvalue weighted by molar-refractivity contribution is 6.23. The van der Waals surface area contributed by atoms with Crippen molar-refractivity contribution >= 4 is 89.0 Å². The standard InChI is InChI=1S/C57H43N3O/c1-40-19-18-28-45(37-40)60(44-26-12-5-13-27-44)56-50-31-15-14-29-48(50)52-38-46(33-35-51(52)57(56)59(42-22-8-3-9-23-42)43-24-10-4-11-25-43)58(41-20-6-2-7-21-41)47-34-36-55-53(39-47)49-30-16-17-32-54(49)61-55/h2-36,38-40H,37H2,1H3. The van der Waals surface area contributed by atoms with Crippen molar-refractivity contribution in [2.24, 2.45) is 5.92 Å². The Morgan fingerprint density at radius 2 is 0.836 bits per heavy atom. The average molecular weight is 786 g/mol. The van der Waals surface area contributed by atoms with Gasteiger partial charge in [-0.15, -0.1) is 0 Å². The maximum Gasteiger partial charge on any atom is 0.135 e. The lowest BCUT2D eigenvalue weighted by atomic mass is 9.93. The predicted molar refractivity (Wildman–Crippen MR) is 258 cm³/mol. The smallest absolute Gasteiger partial charge is 0.135 e. The summed E-state index contributed by atoms with van der Waals surface area (Å²) in [5, 5.41) is 6.87. The van der Waals surface area contributed by atoms with Crippen LogP contribution in [0.5, 0.6) is 0 Å². The van der Waals surface area contributed by atoms with Crippen molar-refractivity contribution < 1.29 is 4.42 Å². The lowest BCUT2D eigenvalue weighted by molar-refractivity contribution is 0.669. The number of para-hydroxylation sites is 5. The maximum atomic E-state index is 6.29. The van der Waals surface area contributed by atoms with Gasteiger partial charge in [-0.2, -0.15) is 0 Å². The minimum atomic E-state index is 0.395.